The molecule has 1 heterocycles. The average Bonchev–Trinajstić information content (AvgIpc) is 3.23. The Labute approximate surface area is 177 Å². The van der Waals surface area contributed by atoms with Crippen LogP contribution in [0.3, 0.4) is 0 Å². The highest BCUT2D eigenvalue weighted by Gasteiger charge is 2.09. The monoisotopic (exact) mass is 408 g/mol. The van der Waals surface area contributed by atoms with E-state index in [0.29, 0.717) is 36.5 Å². The van der Waals surface area contributed by atoms with Gasteiger partial charge >= 0.3 is 0 Å². The molecule has 0 amide bonds. The summed E-state index contributed by atoms with van der Waals surface area (Å²) in [6.07, 6.45) is 1.64. The molecule has 2 N–H and O–H groups in total. The lowest BCUT2D eigenvalue weighted by atomic mass is 10.1. The number of oxazole rings is 1. The van der Waals surface area contributed by atoms with Gasteiger partial charge in [0.05, 0.1) is 20.3 Å². The van der Waals surface area contributed by atoms with Crippen LogP contribution < -0.4 is 20.1 Å². The molecule has 0 atom stereocenters. The van der Waals surface area contributed by atoms with Crippen molar-refractivity contribution in [3.05, 3.63) is 60.0 Å². The molecule has 0 aliphatic carbocycles. The Bertz CT molecular complexity index is 980. The minimum atomic E-state index is 0.388. The zero-order valence-electron chi connectivity index (χ0n) is 17.9. The van der Waals surface area contributed by atoms with Crippen molar-refractivity contribution in [2.24, 2.45) is 4.99 Å². The van der Waals surface area contributed by atoms with Crippen molar-refractivity contribution in [2.45, 2.75) is 27.3 Å². The lowest BCUT2D eigenvalue weighted by Gasteiger charge is -2.14. The number of nitrogens with one attached hydrogen (secondary N) is 2. The number of aromatic nitrogens is 1. The van der Waals surface area contributed by atoms with Crippen LogP contribution in [0.15, 0.2) is 58.1 Å². The van der Waals surface area contributed by atoms with Gasteiger partial charge in [0, 0.05) is 23.9 Å². The van der Waals surface area contributed by atoms with E-state index in [0.717, 1.165) is 23.5 Å². The molecular weight excluding hydrogens is 380 g/mol. The zero-order chi connectivity index (χ0) is 21.3. The van der Waals surface area contributed by atoms with E-state index in [1.54, 1.807) is 13.4 Å². The minimum Gasteiger partial charge on any atom is -0.493 e. The van der Waals surface area contributed by atoms with Crippen LogP contribution in [0.1, 0.15) is 25.1 Å². The fourth-order valence-corrected chi connectivity index (χ4v) is 2.83. The normalized spacial score (nSPS) is 11.3. The van der Waals surface area contributed by atoms with Crippen molar-refractivity contribution in [1.29, 1.82) is 0 Å². The van der Waals surface area contributed by atoms with E-state index < -0.39 is 0 Å². The quantitative estimate of drug-likeness (QED) is 0.418. The maximum atomic E-state index is 5.62. The van der Waals surface area contributed by atoms with E-state index in [9.17, 15) is 0 Å². The zero-order valence-corrected chi connectivity index (χ0v) is 17.9. The number of ether oxygens (including phenoxy) is 2. The molecule has 0 aliphatic heterocycles. The van der Waals surface area contributed by atoms with Gasteiger partial charge in [-0.25, -0.2) is 9.98 Å². The minimum absolute atomic E-state index is 0.388. The van der Waals surface area contributed by atoms with E-state index in [4.69, 9.17) is 13.9 Å². The number of aryl methyl sites for hydroxylation is 1. The highest BCUT2D eigenvalue weighted by atomic mass is 16.5. The Hall–Kier alpha value is -3.48. The molecular formula is C23H28N4O3. The van der Waals surface area contributed by atoms with Crippen molar-refractivity contribution in [3.8, 4) is 23.0 Å². The van der Waals surface area contributed by atoms with Gasteiger partial charge in [-0.2, -0.15) is 0 Å². The molecule has 3 rings (SSSR count). The summed E-state index contributed by atoms with van der Waals surface area (Å²) in [5, 5.41) is 6.52. The van der Waals surface area contributed by atoms with Crippen LogP contribution >= 0.6 is 0 Å². The van der Waals surface area contributed by atoms with Crippen molar-refractivity contribution in [3.63, 3.8) is 0 Å². The van der Waals surface area contributed by atoms with Crippen molar-refractivity contribution in [2.75, 3.05) is 25.6 Å². The second-order valence-corrected chi connectivity index (χ2v) is 6.63. The standard InChI is InChI=1S/C23H28N4O3/c1-5-24-23(27-18-11-12-20(29-6-2)21(13-18)28-4)25-14-19-15-30-22(26-19)17-9-7-16(3)8-10-17/h7-13,15H,5-6,14H2,1-4H3,(H2,24,25,27). The number of hydrogen-bond acceptors (Lipinski definition) is 5. The van der Waals surface area contributed by atoms with Crippen molar-refractivity contribution in [1.82, 2.24) is 10.3 Å². The fraction of sp³-hybridized carbons (Fsp3) is 0.304. The first-order chi connectivity index (χ1) is 14.6. The fourth-order valence-electron chi connectivity index (χ4n) is 2.83. The maximum Gasteiger partial charge on any atom is 0.226 e. The largest absolute Gasteiger partial charge is 0.493 e. The Morgan fingerprint density at radius 1 is 1.10 bits per heavy atom. The Morgan fingerprint density at radius 3 is 2.60 bits per heavy atom. The SMILES string of the molecule is CCNC(=NCc1coc(-c2ccc(C)cc2)n1)Nc1ccc(OCC)c(OC)c1. The smallest absolute Gasteiger partial charge is 0.226 e. The van der Waals surface area contributed by atoms with Crippen LogP contribution in [0.2, 0.25) is 0 Å². The molecule has 0 saturated carbocycles. The molecule has 7 heteroatoms. The van der Waals surface area contributed by atoms with Crippen LogP contribution in [0.4, 0.5) is 5.69 Å². The molecule has 1 aromatic heterocycles. The predicted molar refractivity (Wildman–Crippen MR) is 119 cm³/mol. The molecule has 0 spiro atoms. The molecule has 0 radical (unpaired) electrons. The molecule has 30 heavy (non-hydrogen) atoms. The van der Waals surface area contributed by atoms with E-state index in [-0.39, 0.29) is 0 Å². The summed E-state index contributed by atoms with van der Waals surface area (Å²) in [4.78, 5) is 9.16. The molecule has 3 aromatic rings. The molecule has 0 fully saturated rings. The third kappa shape index (κ3) is 5.53. The van der Waals surface area contributed by atoms with Gasteiger partial charge in [-0.15, -0.1) is 0 Å². The third-order valence-corrected chi connectivity index (χ3v) is 4.32. The lowest BCUT2D eigenvalue weighted by molar-refractivity contribution is 0.311. The Kier molecular flexibility index (Phi) is 7.32. The summed E-state index contributed by atoms with van der Waals surface area (Å²) in [5.74, 6) is 2.61. The van der Waals surface area contributed by atoms with E-state index in [1.807, 2.05) is 56.3 Å². The number of methoxy groups -OCH3 is 1. The van der Waals surface area contributed by atoms with Gasteiger partial charge in [-0.3, -0.25) is 0 Å². The number of rotatable bonds is 8. The maximum absolute atomic E-state index is 5.62. The van der Waals surface area contributed by atoms with Crippen LogP contribution in [0.25, 0.3) is 11.5 Å². The summed E-state index contributed by atoms with van der Waals surface area (Å²) in [5.41, 5.74) is 3.74. The van der Waals surface area contributed by atoms with Crippen LogP contribution in [-0.4, -0.2) is 31.2 Å². The summed E-state index contributed by atoms with van der Waals surface area (Å²) in [6, 6.07) is 13.7. The first-order valence-electron chi connectivity index (χ1n) is 10.0. The van der Waals surface area contributed by atoms with E-state index >= 15 is 0 Å². The molecule has 158 valence electrons. The summed E-state index contributed by atoms with van der Waals surface area (Å²) >= 11 is 0. The first-order valence-corrected chi connectivity index (χ1v) is 10.0. The lowest BCUT2D eigenvalue weighted by Crippen LogP contribution is -2.30. The van der Waals surface area contributed by atoms with Crippen molar-refractivity contribution >= 4 is 11.6 Å². The van der Waals surface area contributed by atoms with E-state index in [2.05, 4.69) is 27.5 Å². The summed E-state index contributed by atoms with van der Waals surface area (Å²) < 4.78 is 16.6. The topological polar surface area (TPSA) is 80.9 Å². The second kappa shape index (κ2) is 10.3. The van der Waals surface area contributed by atoms with Gasteiger partial charge in [0.1, 0.15) is 12.0 Å². The van der Waals surface area contributed by atoms with Gasteiger partial charge in [0.25, 0.3) is 0 Å². The molecule has 0 aliphatic rings. The van der Waals surface area contributed by atoms with Crippen LogP contribution in [-0.2, 0) is 6.54 Å². The number of nitrogens with zero attached hydrogens (tertiary/aromatic N) is 2. The number of guanidine groups is 1. The molecule has 2 aromatic carbocycles. The number of aliphatic imine (C=N–C) groups is 1. The molecule has 7 nitrogen and oxygen atoms in total. The Morgan fingerprint density at radius 2 is 1.90 bits per heavy atom. The highest BCUT2D eigenvalue weighted by Crippen LogP contribution is 2.30. The van der Waals surface area contributed by atoms with Crippen LogP contribution in [0.5, 0.6) is 11.5 Å². The first kappa shape index (κ1) is 21.2. The molecule has 0 saturated heterocycles. The van der Waals surface area contributed by atoms with Crippen LogP contribution in [0, 0.1) is 6.92 Å². The Balaban J connectivity index is 1.71. The molecule has 0 unspecified atom stereocenters. The highest BCUT2D eigenvalue weighted by molar-refractivity contribution is 5.93. The number of hydrogen-bond donors (Lipinski definition) is 2. The van der Waals surface area contributed by atoms with Gasteiger partial charge in [-0.05, 0) is 45.0 Å². The number of anilines is 1. The van der Waals surface area contributed by atoms with Gasteiger partial charge in [-0.1, -0.05) is 17.7 Å². The van der Waals surface area contributed by atoms with E-state index in [1.165, 1.54) is 5.56 Å². The summed E-state index contributed by atoms with van der Waals surface area (Å²) in [7, 11) is 1.62. The predicted octanol–water partition coefficient (Wildman–Crippen LogP) is 4.63. The second-order valence-electron chi connectivity index (χ2n) is 6.63. The third-order valence-electron chi connectivity index (χ3n) is 4.32. The number of benzene rings is 2. The average molecular weight is 409 g/mol. The van der Waals surface area contributed by atoms with Gasteiger partial charge in [0.15, 0.2) is 17.5 Å². The van der Waals surface area contributed by atoms with Gasteiger partial charge < -0.3 is 24.5 Å². The molecule has 0 bridgehead atoms. The van der Waals surface area contributed by atoms with Crippen molar-refractivity contribution < 1.29 is 13.9 Å². The summed E-state index contributed by atoms with van der Waals surface area (Å²) in [6.45, 7) is 7.70. The van der Waals surface area contributed by atoms with Gasteiger partial charge in [0.2, 0.25) is 5.89 Å².